The monoisotopic (exact) mass is 271 g/mol. The summed E-state index contributed by atoms with van der Waals surface area (Å²) in [7, 11) is 0. The maximum atomic E-state index is 12.5. The standard InChI is InChI=1S/C14H16F3NO/c15-14(16,17)12-3-1-2-11(8-12)13(19)5-4-10-6-7-18-9-10/h1-3,8,10,18H,4-7,9H2. The van der Waals surface area contributed by atoms with Gasteiger partial charge in [-0.3, -0.25) is 4.79 Å². The zero-order valence-electron chi connectivity index (χ0n) is 10.5. The molecule has 1 unspecified atom stereocenters. The second-order valence-corrected chi connectivity index (χ2v) is 4.90. The minimum Gasteiger partial charge on any atom is -0.316 e. The van der Waals surface area contributed by atoms with Crippen LogP contribution in [0.1, 0.15) is 35.2 Å². The van der Waals surface area contributed by atoms with Crippen molar-refractivity contribution in [3.63, 3.8) is 0 Å². The second kappa shape index (κ2) is 5.74. The molecular formula is C14H16F3NO. The second-order valence-electron chi connectivity index (χ2n) is 4.90. The van der Waals surface area contributed by atoms with Crippen LogP contribution in [0.15, 0.2) is 24.3 Å². The minimum atomic E-state index is -4.40. The molecule has 1 N–H and O–H groups in total. The number of hydrogen-bond donors (Lipinski definition) is 1. The Kier molecular flexibility index (Phi) is 4.24. The molecule has 0 spiro atoms. The average molecular weight is 271 g/mol. The maximum absolute atomic E-state index is 12.5. The largest absolute Gasteiger partial charge is 0.416 e. The molecular weight excluding hydrogens is 255 g/mol. The Balaban J connectivity index is 1.98. The van der Waals surface area contributed by atoms with Crippen LogP contribution < -0.4 is 5.32 Å². The van der Waals surface area contributed by atoms with Crippen molar-refractivity contribution in [1.29, 1.82) is 0 Å². The van der Waals surface area contributed by atoms with Crippen LogP contribution in [0.5, 0.6) is 0 Å². The summed E-state index contributed by atoms with van der Waals surface area (Å²) in [6.07, 6.45) is -2.31. The lowest BCUT2D eigenvalue weighted by Crippen LogP contribution is -2.11. The first-order valence-corrected chi connectivity index (χ1v) is 6.38. The van der Waals surface area contributed by atoms with Gasteiger partial charge in [-0.2, -0.15) is 13.2 Å². The van der Waals surface area contributed by atoms with Gasteiger partial charge in [0.25, 0.3) is 0 Å². The lowest BCUT2D eigenvalue weighted by atomic mass is 9.97. The number of alkyl halides is 3. The summed E-state index contributed by atoms with van der Waals surface area (Å²) in [5, 5.41) is 3.20. The summed E-state index contributed by atoms with van der Waals surface area (Å²) in [5.74, 6) is 0.257. The summed E-state index contributed by atoms with van der Waals surface area (Å²) in [6, 6.07) is 4.66. The summed E-state index contributed by atoms with van der Waals surface area (Å²) in [6.45, 7) is 1.86. The van der Waals surface area contributed by atoms with E-state index in [9.17, 15) is 18.0 Å². The van der Waals surface area contributed by atoms with Gasteiger partial charge in [-0.25, -0.2) is 0 Å². The van der Waals surface area contributed by atoms with Gasteiger partial charge < -0.3 is 5.32 Å². The first-order chi connectivity index (χ1) is 8.97. The summed E-state index contributed by atoms with van der Waals surface area (Å²) < 4.78 is 37.6. The van der Waals surface area contributed by atoms with Gasteiger partial charge in [0.15, 0.2) is 5.78 Å². The quantitative estimate of drug-likeness (QED) is 0.851. The average Bonchev–Trinajstić information content (AvgIpc) is 2.88. The molecule has 0 amide bonds. The maximum Gasteiger partial charge on any atom is 0.416 e. The van der Waals surface area contributed by atoms with E-state index < -0.39 is 11.7 Å². The van der Waals surface area contributed by atoms with Gasteiger partial charge in [-0.1, -0.05) is 12.1 Å². The Morgan fingerprint density at radius 1 is 1.37 bits per heavy atom. The van der Waals surface area contributed by atoms with Crippen molar-refractivity contribution in [3.05, 3.63) is 35.4 Å². The van der Waals surface area contributed by atoms with Crippen LogP contribution in [-0.2, 0) is 6.18 Å². The summed E-state index contributed by atoms with van der Waals surface area (Å²) >= 11 is 0. The van der Waals surface area contributed by atoms with E-state index >= 15 is 0 Å². The highest BCUT2D eigenvalue weighted by Crippen LogP contribution is 2.30. The zero-order chi connectivity index (χ0) is 13.9. The third-order valence-electron chi connectivity index (χ3n) is 3.45. The lowest BCUT2D eigenvalue weighted by molar-refractivity contribution is -0.137. The van der Waals surface area contributed by atoms with Crippen LogP contribution >= 0.6 is 0 Å². The van der Waals surface area contributed by atoms with Crippen LogP contribution in [0.4, 0.5) is 13.2 Å². The van der Waals surface area contributed by atoms with Crippen molar-refractivity contribution < 1.29 is 18.0 Å². The smallest absolute Gasteiger partial charge is 0.316 e. The number of hydrogen-bond acceptors (Lipinski definition) is 2. The molecule has 2 rings (SSSR count). The van der Waals surface area contributed by atoms with Crippen molar-refractivity contribution in [2.24, 2.45) is 5.92 Å². The van der Waals surface area contributed by atoms with E-state index in [-0.39, 0.29) is 11.3 Å². The van der Waals surface area contributed by atoms with Gasteiger partial charge in [0.1, 0.15) is 0 Å². The molecule has 5 heteroatoms. The molecule has 19 heavy (non-hydrogen) atoms. The van der Waals surface area contributed by atoms with E-state index in [0.717, 1.165) is 38.1 Å². The van der Waals surface area contributed by atoms with Crippen molar-refractivity contribution in [2.75, 3.05) is 13.1 Å². The molecule has 0 bridgehead atoms. The number of benzene rings is 1. The molecule has 1 heterocycles. The Morgan fingerprint density at radius 3 is 2.79 bits per heavy atom. The van der Waals surface area contributed by atoms with Crippen LogP contribution in [-0.4, -0.2) is 18.9 Å². The minimum absolute atomic E-state index is 0.154. The van der Waals surface area contributed by atoms with E-state index in [0.29, 0.717) is 12.3 Å². The molecule has 1 saturated heterocycles. The van der Waals surface area contributed by atoms with E-state index in [2.05, 4.69) is 5.32 Å². The number of rotatable bonds is 4. The third kappa shape index (κ3) is 3.80. The van der Waals surface area contributed by atoms with Crippen LogP contribution in [0.2, 0.25) is 0 Å². The van der Waals surface area contributed by atoms with Gasteiger partial charge in [0.05, 0.1) is 5.56 Å². The van der Waals surface area contributed by atoms with Crippen LogP contribution in [0.25, 0.3) is 0 Å². The predicted octanol–water partition coefficient (Wildman–Crippen LogP) is 3.28. The fourth-order valence-corrected chi connectivity index (χ4v) is 2.31. The molecule has 0 aliphatic carbocycles. The molecule has 104 valence electrons. The van der Waals surface area contributed by atoms with Gasteiger partial charge in [-0.05, 0) is 44.0 Å². The Morgan fingerprint density at radius 2 is 2.16 bits per heavy atom. The zero-order valence-corrected chi connectivity index (χ0v) is 10.5. The van der Waals surface area contributed by atoms with E-state index in [1.807, 2.05) is 0 Å². The molecule has 1 fully saturated rings. The van der Waals surface area contributed by atoms with E-state index in [1.54, 1.807) is 0 Å². The van der Waals surface area contributed by atoms with Gasteiger partial charge >= 0.3 is 6.18 Å². The first kappa shape index (κ1) is 14.1. The molecule has 0 aromatic heterocycles. The Labute approximate surface area is 110 Å². The fraction of sp³-hybridized carbons (Fsp3) is 0.500. The summed E-state index contributed by atoms with van der Waals surface area (Å²) in [4.78, 5) is 11.9. The predicted molar refractivity (Wildman–Crippen MR) is 66.0 cm³/mol. The number of carbonyl (C=O) groups excluding carboxylic acids is 1. The topological polar surface area (TPSA) is 29.1 Å². The molecule has 1 aliphatic rings. The molecule has 0 radical (unpaired) electrons. The SMILES string of the molecule is O=C(CCC1CCNC1)c1cccc(C(F)(F)F)c1. The highest BCUT2D eigenvalue weighted by atomic mass is 19.4. The van der Waals surface area contributed by atoms with Crippen LogP contribution in [0.3, 0.4) is 0 Å². The molecule has 1 atom stereocenters. The first-order valence-electron chi connectivity index (χ1n) is 6.38. The van der Waals surface area contributed by atoms with Crippen molar-refractivity contribution >= 4 is 5.78 Å². The highest BCUT2D eigenvalue weighted by molar-refractivity contribution is 5.96. The molecule has 2 nitrogen and oxygen atoms in total. The highest BCUT2D eigenvalue weighted by Gasteiger charge is 2.30. The fourth-order valence-electron chi connectivity index (χ4n) is 2.31. The number of nitrogens with one attached hydrogen (secondary N) is 1. The Hall–Kier alpha value is -1.36. The van der Waals surface area contributed by atoms with Crippen molar-refractivity contribution in [1.82, 2.24) is 5.32 Å². The van der Waals surface area contributed by atoms with Crippen LogP contribution in [0, 0.1) is 5.92 Å². The molecule has 0 saturated carbocycles. The third-order valence-corrected chi connectivity index (χ3v) is 3.45. The molecule has 1 aliphatic heterocycles. The van der Waals surface area contributed by atoms with E-state index in [1.165, 1.54) is 12.1 Å². The molecule has 1 aromatic rings. The van der Waals surface area contributed by atoms with Crippen molar-refractivity contribution in [2.45, 2.75) is 25.4 Å². The summed E-state index contributed by atoms with van der Waals surface area (Å²) in [5.41, 5.74) is -0.610. The Bertz CT molecular complexity index is 450. The van der Waals surface area contributed by atoms with E-state index in [4.69, 9.17) is 0 Å². The molecule has 1 aromatic carbocycles. The lowest BCUT2D eigenvalue weighted by Gasteiger charge is -2.09. The van der Waals surface area contributed by atoms with Gasteiger partial charge in [0.2, 0.25) is 0 Å². The van der Waals surface area contributed by atoms with Crippen molar-refractivity contribution in [3.8, 4) is 0 Å². The normalized spacial score (nSPS) is 19.6. The number of carbonyl (C=O) groups is 1. The van der Waals surface area contributed by atoms with Gasteiger partial charge in [-0.15, -0.1) is 0 Å². The van der Waals surface area contributed by atoms with Gasteiger partial charge in [0, 0.05) is 12.0 Å². The number of ketones is 1. The number of Topliss-reactive ketones (excluding diaryl/α,β-unsaturated/α-hetero) is 1. The number of halogens is 3.